The van der Waals surface area contributed by atoms with Crippen LogP contribution in [0.3, 0.4) is 0 Å². The Labute approximate surface area is 247 Å². The Balaban J connectivity index is 1.89. The number of amidine groups is 1. The number of nitrogens with two attached hydrogens (primary N) is 2. The van der Waals surface area contributed by atoms with Crippen molar-refractivity contribution in [2.24, 2.45) is 23.3 Å². The first-order valence-electron chi connectivity index (χ1n) is 13.6. The second-order valence-corrected chi connectivity index (χ2v) is 13.3. The highest BCUT2D eigenvalue weighted by Crippen LogP contribution is 2.56. The standard InChI is InChI=1S/C29H38N4O8S/c1-11-12-7-8-13(28(2,3)9-6-10-42-27(31)32)20(34)15(12)21(35)16-14(11)22(36)18-19(33(4)5)23(37)17(26(30)40)25(39)29(18,41)24(16)38/h7-8,11,14,18-19,22,34,36-38,41H,6,9-10H2,1-5H3,(H2,30,40)(H3,31,32)/t11-,14+,18+,19-,22-,29-/m0/s1. The van der Waals surface area contributed by atoms with Crippen LogP contribution in [0.5, 0.6) is 5.75 Å². The average molecular weight is 603 g/mol. The number of aliphatic hydroxyl groups is 4. The minimum atomic E-state index is -2.95. The molecular weight excluding hydrogens is 564 g/mol. The number of rotatable bonds is 7. The van der Waals surface area contributed by atoms with Gasteiger partial charge in [-0.25, -0.2) is 0 Å². The molecule has 12 nitrogen and oxygen atoms in total. The molecule has 0 saturated carbocycles. The van der Waals surface area contributed by atoms with Crippen LogP contribution in [0.2, 0.25) is 0 Å². The molecule has 0 saturated heterocycles. The van der Waals surface area contributed by atoms with Crippen molar-refractivity contribution in [1.82, 2.24) is 4.90 Å². The molecule has 6 atom stereocenters. The Morgan fingerprint density at radius 1 is 1.17 bits per heavy atom. The molecule has 1 aromatic rings. The Morgan fingerprint density at radius 2 is 1.79 bits per heavy atom. The van der Waals surface area contributed by atoms with Gasteiger partial charge >= 0.3 is 0 Å². The lowest BCUT2D eigenvalue weighted by Gasteiger charge is -2.53. The predicted molar refractivity (Wildman–Crippen MR) is 156 cm³/mol. The smallest absolute Gasteiger partial charge is 0.255 e. The summed E-state index contributed by atoms with van der Waals surface area (Å²) in [5, 5.41) is 64.8. The summed E-state index contributed by atoms with van der Waals surface area (Å²) in [5.74, 6) is -8.49. The number of amides is 1. The van der Waals surface area contributed by atoms with Crippen molar-refractivity contribution >= 4 is 34.4 Å². The van der Waals surface area contributed by atoms with Crippen molar-refractivity contribution in [1.29, 1.82) is 5.41 Å². The van der Waals surface area contributed by atoms with Crippen molar-refractivity contribution in [3.63, 3.8) is 0 Å². The molecule has 0 unspecified atom stereocenters. The molecule has 1 amide bonds. The number of Topliss-reactive ketones (excluding diaryl/α,β-unsaturated/α-hetero) is 2. The van der Waals surface area contributed by atoms with Crippen LogP contribution in [0.1, 0.15) is 61.0 Å². The molecule has 42 heavy (non-hydrogen) atoms. The number of primary amides is 1. The van der Waals surface area contributed by atoms with Gasteiger partial charge in [0.25, 0.3) is 5.91 Å². The van der Waals surface area contributed by atoms with Crippen LogP contribution in [0.15, 0.2) is 34.8 Å². The van der Waals surface area contributed by atoms with Gasteiger partial charge < -0.3 is 37.0 Å². The van der Waals surface area contributed by atoms with Crippen LogP contribution in [-0.2, 0) is 15.0 Å². The molecule has 4 rings (SSSR count). The minimum absolute atomic E-state index is 0.00669. The van der Waals surface area contributed by atoms with E-state index in [0.717, 1.165) is 0 Å². The summed E-state index contributed by atoms with van der Waals surface area (Å²) in [6.45, 7) is 5.49. The maximum atomic E-state index is 14.1. The molecule has 0 fully saturated rings. The van der Waals surface area contributed by atoms with Gasteiger partial charge in [-0.15, -0.1) is 0 Å². The molecule has 1 aromatic carbocycles. The normalized spacial score (nSPS) is 29.4. The molecule has 13 heteroatoms. The molecule has 0 aliphatic heterocycles. The first-order valence-corrected chi connectivity index (χ1v) is 14.6. The second kappa shape index (κ2) is 10.7. The van der Waals surface area contributed by atoms with Gasteiger partial charge in [0.05, 0.1) is 23.6 Å². The number of hydrogen-bond donors (Lipinski definition) is 8. The Hall–Kier alpha value is -3.39. The molecule has 228 valence electrons. The van der Waals surface area contributed by atoms with Crippen LogP contribution >= 0.6 is 11.8 Å². The van der Waals surface area contributed by atoms with Crippen LogP contribution in [0.25, 0.3) is 0 Å². The van der Waals surface area contributed by atoms with Crippen molar-refractivity contribution in [3.05, 3.63) is 51.5 Å². The molecule has 3 aliphatic carbocycles. The number of carbonyl (C=O) groups excluding carboxylic acids is 3. The number of likely N-dealkylation sites (N-methyl/N-ethyl adjacent to an activating group) is 1. The van der Waals surface area contributed by atoms with E-state index in [1.807, 2.05) is 13.8 Å². The molecular formula is C29H38N4O8S. The molecule has 0 spiro atoms. The maximum Gasteiger partial charge on any atom is 0.255 e. The number of aromatic hydroxyl groups is 1. The maximum absolute atomic E-state index is 14.1. The number of ketones is 2. The van der Waals surface area contributed by atoms with Gasteiger partial charge in [0.15, 0.2) is 16.6 Å². The van der Waals surface area contributed by atoms with Gasteiger partial charge in [-0.2, -0.15) is 0 Å². The molecule has 0 bridgehead atoms. The average Bonchev–Trinajstić information content (AvgIpc) is 2.88. The van der Waals surface area contributed by atoms with Gasteiger partial charge in [0.1, 0.15) is 22.8 Å². The van der Waals surface area contributed by atoms with Crippen LogP contribution in [0, 0.1) is 17.2 Å². The topological polar surface area (TPSA) is 231 Å². The number of hydrogen-bond acceptors (Lipinski definition) is 11. The van der Waals surface area contributed by atoms with E-state index in [1.54, 1.807) is 19.1 Å². The van der Waals surface area contributed by atoms with Crippen LogP contribution < -0.4 is 11.5 Å². The fourth-order valence-electron chi connectivity index (χ4n) is 7.00. The monoisotopic (exact) mass is 602 g/mol. The van der Waals surface area contributed by atoms with Gasteiger partial charge in [0.2, 0.25) is 5.78 Å². The summed E-state index contributed by atoms with van der Waals surface area (Å²) in [7, 11) is 2.98. The second-order valence-electron chi connectivity index (χ2n) is 12.2. The van der Waals surface area contributed by atoms with E-state index >= 15 is 0 Å². The largest absolute Gasteiger partial charge is 0.510 e. The van der Waals surface area contributed by atoms with E-state index in [9.17, 15) is 39.9 Å². The summed E-state index contributed by atoms with van der Waals surface area (Å²) < 4.78 is 0. The third kappa shape index (κ3) is 4.50. The number of carbonyl (C=O) groups is 3. The lowest BCUT2D eigenvalue weighted by Crippen LogP contribution is -2.68. The zero-order valence-corrected chi connectivity index (χ0v) is 25.0. The number of nitrogens with one attached hydrogen (secondary N) is 1. The van der Waals surface area contributed by atoms with E-state index in [4.69, 9.17) is 16.9 Å². The van der Waals surface area contributed by atoms with Crippen molar-refractivity contribution in [2.45, 2.75) is 62.7 Å². The molecule has 0 radical (unpaired) electrons. The number of phenols is 1. The van der Waals surface area contributed by atoms with Crippen LogP contribution in [-0.4, -0.2) is 90.7 Å². The number of fused-ring (bicyclic) bond motifs is 3. The van der Waals surface area contributed by atoms with Gasteiger partial charge in [-0.1, -0.05) is 44.7 Å². The van der Waals surface area contributed by atoms with E-state index in [0.29, 0.717) is 29.7 Å². The summed E-state index contributed by atoms with van der Waals surface area (Å²) in [5.41, 5.74) is 6.60. The molecule has 10 N–H and O–H groups in total. The summed E-state index contributed by atoms with van der Waals surface area (Å²) in [4.78, 5) is 41.2. The lowest BCUT2D eigenvalue weighted by atomic mass is 9.55. The van der Waals surface area contributed by atoms with Crippen LogP contribution in [0.4, 0.5) is 0 Å². The third-order valence-corrected chi connectivity index (χ3v) is 9.87. The Morgan fingerprint density at radius 3 is 2.33 bits per heavy atom. The Bertz CT molecular complexity index is 1450. The number of thioether (sulfide) groups is 1. The summed E-state index contributed by atoms with van der Waals surface area (Å²) in [6.07, 6.45) is -0.380. The fourth-order valence-corrected chi connectivity index (χ4v) is 7.51. The first-order chi connectivity index (χ1) is 19.4. The van der Waals surface area contributed by atoms with E-state index in [-0.39, 0.29) is 16.5 Å². The van der Waals surface area contributed by atoms with Crippen molar-refractivity contribution in [3.8, 4) is 5.75 Å². The van der Waals surface area contributed by atoms with Crippen molar-refractivity contribution in [2.75, 3.05) is 19.8 Å². The summed E-state index contributed by atoms with van der Waals surface area (Å²) in [6, 6.07) is 2.10. The summed E-state index contributed by atoms with van der Waals surface area (Å²) >= 11 is 1.21. The predicted octanol–water partition coefficient (Wildman–Crippen LogP) is 1.34. The lowest BCUT2D eigenvalue weighted by molar-refractivity contribution is -0.162. The minimum Gasteiger partial charge on any atom is -0.510 e. The van der Waals surface area contributed by atoms with Gasteiger partial charge in [-0.3, -0.25) is 24.7 Å². The molecule has 0 heterocycles. The number of phenolic OH excluding ortho intramolecular Hbond substituents is 1. The fraction of sp³-hybridized carbons (Fsp3) is 0.517. The number of aliphatic hydroxyl groups excluding tert-OH is 3. The van der Waals surface area contributed by atoms with E-state index in [1.165, 1.54) is 30.8 Å². The highest BCUT2D eigenvalue weighted by Gasteiger charge is 2.67. The zero-order chi connectivity index (χ0) is 31.6. The molecule has 3 aliphatic rings. The SMILES string of the molecule is C[C@H]1c2ccc(C(C)(C)CCCSC(=N)N)c(O)c2C(=O)C2=C(O)[C@]3(O)C(=O)C(C(N)=O)=C(O)[C@@H](N(C)C)[C@@H]3[C@@H](O)[C@@H]21. The van der Waals surface area contributed by atoms with Crippen molar-refractivity contribution < 1.29 is 39.9 Å². The molecule has 0 aromatic heterocycles. The zero-order valence-electron chi connectivity index (χ0n) is 24.1. The van der Waals surface area contributed by atoms with E-state index < -0.39 is 81.1 Å². The van der Waals surface area contributed by atoms with Gasteiger partial charge in [0, 0.05) is 22.8 Å². The number of benzene rings is 1. The van der Waals surface area contributed by atoms with Gasteiger partial charge in [-0.05, 0) is 43.8 Å². The highest BCUT2D eigenvalue weighted by atomic mass is 32.2. The van der Waals surface area contributed by atoms with E-state index in [2.05, 4.69) is 0 Å². The quantitative estimate of drug-likeness (QED) is 0.0960. The third-order valence-electron chi connectivity index (χ3n) is 9.06. The Kier molecular flexibility index (Phi) is 8.04. The first kappa shape index (κ1) is 31.5. The number of nitrogens with zero attached hydrogens (tertiary/aromatic N) is 1. The highest BCUT2D eigenvalue weighted by molar-refractivity contribution is 8.13.